The molecule has 0 amide bonds. The number of benzene rings is 1. The Morgan fingerprint density at radius 3 is 2.60 bits per heavy atom. The maximum atomic E-state index is 11.7. The van der Waals surface area contributed by atoms with E-state index in [1.165, 1.54) is 38.5 Å². The van der Waals surface area contributed by atoms with Gasteiger partial charge in [-0.2, -0.15) is 0 Å². The average molecular weight is 409 g/mol. The van der Waals surface area contributed by atoms with Gasteiger partial charge in [0.05, 0.1) is 11.7 Å². The Morgan fingerprint density at radius 1 is 1.07 bits per heavy atom. The first-order valence-corrected chi connectivity index (χ1v) is 12.4. The first kappa shape index (κ1) is 20.8. The molecule has 164 valence electrons. The summed E-state index contributed by atoms with van der Waals surface area (Å²) in [4.78, 5) is 0. The van der Waals surface area contributed by atoms with Crippen LogP contribution in [0, 0.1) is 34.5 Å². The Hall–Kier alpha value is -1.12. The summed E-state index contributed by atoms with van der Waals surface area (Å²) in [5.41, 5.74) is 2.43. The minimum atomic E-state index is -0.887. The van der Waals surface area contributed by atoms with Crippen LogP contribution in [0.2, 0.25) is 0 Å². The summed E-state index contributed by atoms with van der Waals surface area (Å²) < 4.78 is 0. The van der Waals surface area contributed by atoms with Gasteiger partial charge in [0.2, 0.25) is 0 Å². The van der Waals surface area contributed by atoms with Crippen LogP contribution in [-0.4, -0.2) is 21.9 Å². The van der Waals surface area contributed by atoms with E-state index < -0.39 is 11.7 Å². The molecule has 1 unspecified atom stereocenters. The maximum absolute atomic E-state index is 11.7. The number of aliphatic hydroxyl groups is 2. The van der Waals surface area contributed by atoms with Crippen molar-refractivity contribution in [2.24, 2.45) is 34.5 Å². The van der Waals surface area contributed by atoms with E-state index in [-0.39, 0.29) is 11.3 Å². The molecule has 8 atom stereocenters. The van der Waals surface area contributed by atoms with E-state index >= 15 is 0 Å². The number of hydrogen-bond acceptors (Lipinski definition) is 2. The molecular weight excluding hydrogens is 368 g/mol. The summed E-state index contributed by atoms with van der Waals surface area (Å²) in [7, 11) is 0. The highest BCUT2D eigenvalue weighted by Crippen LogP contribution is 2.67. The molecule has 3 fully saturated rings. The highest BCUT2D eigenvalue weighted by atomic mass is 16.3. The number of allylic oxidation sites excluding steroid dienone is 2. The minimum Gasteiger partial charge on any atom is -0.393 e. The van der Waals surface area contributed by atoms with Crippen LogP contribution in [0.3, 0.4) is 0 Å². The summed E-state index contributed by atoms with van der Waals surface area (Å²) in [5, 5.41) is 23.0. The van der Waals surface area contributed by atoms with E-state index in [1.807, 2.05) is 25.1 Å². The van der Waals surface area contributed by atoms with Gasteiger partial charge in [0, 0.05) is 12.3 Å². The van der Waals surface area contributed by atoms with Crippen molar-refractivity contribution in [2.75, 3.05) is 0 Å². The van der Waals surface area contributed by atoms with Crippen LogP contribution in [0.4, 0.5) is 0 Å². The summed E-state index contributed by atoms with van der Waals surface area (Å²) in [6.45, 7) is 6.93. The normalized spacial score (nSPS) is 45.0. The lowest BCUT2D eigenvalue weighted by Gasteiger charge is -2.58. The lowest BCUT2D eigenvalue weighted by Crippen LogP contribution is -2.54. The van der Waals surface area contributed by atoms with E-state index in [0.717, 1.165) is 24.3 Å². The second-order valence-corrected chi connectivity index (χ2v) is 11.8. The van der Waals surface area contributed by atoms with Gasteiger partial charge in [-0.25, -0.2) is 0 Å². The number of aliphatic hydroxyl groups excluding tert-OH is 1. The first-order valence-electron chi connectivity index (χ1n) is 12.4. The summed E-state index contributed by atoms with van der Waals surface area (Å²) >= 11 is 0. The molecule has 0 heterocycles. The van der Waals surface area contributed by atoms with Crippen LogP contribution in [0.5, 0.6) is 0 Å². The second-order valence-electron chi connectivity index (χ2n) is 11.8. The summed E-state index contributed by atoms with van der Waals surface area (Å²) in [5.74, 6) is 1.90. The van der Waals surface area contributed by atoms with Crippen molar-refractivity contribution in [1.82, 2.24) is 0 Å². The zero-order valence-corrected chi connectivity index (χ0v) is 19.1. The molecule has 0 aromatic heterocycles. The molecule has 2 N–H and O–H groups in total. The first-order chi connectivity index (χ1) is 14.3. The molecule has 0 radical (unpaired) electrons. The van der Waals surface area contributed by atoms with Gasteiger partial charge in [0.15, 0.2) is 0 Å². The van der Waals surface area contributed by atoms with Gasteiger partial charge < -0.3 is 10.2 Å². The van der Waals surface area contributed by atoms with Gasteiger partial charge in [-0.15, -0.1) is 0 Å². The van der Waals surface area contributed by atoms with Crippen LogP contribution >= 0.6 is 0 Å². The van der Waals surface area contributed by atoms with Crippen molar-refractivity contribution >= 4 is 0 Å². The predicted molar refractivity (Wildman–Crippen MR) is 122 cm³/mol. The van der Waals surface area contributed by atoms with Crippen LogP contribution in [-0.2, 0) is 6.42 Å². The highest BCUT2D eigenvalue weighted by Gasteiger charge is 2.63. The van der Waals surface area contributed by atoms with Crippen molar-refractivity contribution in [1.29, 1.82) is 0 Å². The largest absolute Gasteiger partial charge is 0.393 e. The zero-order chi connectivity index (χ0) is 21.1. The van der Waals surface area contributed by atoms with Crippen LogP contribution < -0.4 is 0 Å². The monoisotopic (exact) mass is 408 g/mol. The zero-order valence-electron chi connectivity index (χ0n) is 19.1. The van der Waals surface area contributed by atoms with Gasteiger partial charge in [0.1, 0.15) is 0 Å². The third-order valence-corrected chi connectivity index (χ3v) is 10.1. The SMILES string of the molecule is C[C@]12CC[C@H]3[C@@H](CC=C4CCCC[C@@]43C)[C@@H]1CC(O)[C@@H]2[C@](C)(O)Cc1ccccc1. The van der Waals surface area contributed by atoms with Crippen molar-refractivity contribution in [3.63, 3.8) is 0 Å². The van der Waals surface area contributed by atoms with E-state index in [4.69, 9.17) is 0 Å². The Kier molecular flexibility index (Phi) is 4.99. The Labute approximate surface area is 182 Å². The maximum Gasteiger partial charge on any atom is 0.0717 e. The molecule has 5 rings (SSSR count). The van der Waals surface area contributed by atoms with Crippen molar-refractivity contribution in [2.45, 2.75) is 90.3 Å². The van der Waals surface area contributed by atoms with Crippen LogP contribution in [0.1, 0.15) is 77.7 Å². The fourth-order valence-electron chi connectivity index (χ4n) is 8.96. The van der Waals surface area contributed by atoms with Gasteiger partial charge in [-0.05, 0) is 86.0 Å². The molecule has 0 spiro atoms. The number of rotatable bonds is 3. The summed E-state index contributed by atoms with van der Waals surface area (Å²) in [6, 6.07) is 10.3. The van der Waals surface area contributed by atoms with Crippen molar-refractivity contribution in [3.05, 3.63) is 47.5 Å². The Balaban J connectivity index is 1.45. The van der Waals surface area contributed by atoms with Gasteiger partial charge >= 0.3 is 0 Å². The number of hydrogen-bond donors (Lipinski definition) is 2. The van der Waals surface area contributed by atoms with E-state index in [1.54, 1.807) is 5.57 Å². The molecule has 0 saturated heterocycles. The molecule has 30 heavy (non-hydrogen) atoms. The molecule has 4 aliphatic rings. The fraction of sp³-hybridized carbons (Fsp3) is 0.714. The van der Waals surface area contributed by atoms with Crippen LogP contribution in [0.25, 0.3) is 0 Å². The molecule has 2 heteroatoms. The predicted octanol–water partition coefficient (Wildman–Crippen LogP) is 5.92. The van der Waals surface area contributed by atoms with E-state index in [2.05, 4.69) is 32.1 Å². The lowest BCUT2D eigenvalue weighted by atomic mass is 9.47. The molecule has 2 nitrogen and oxygen atoms in total. The molecule has 1 aromatic carbocycles. The Morgan fingerprint density at radius 2 is 1.83 bits per heavy atom. The number of fused-ring (bicyclic) bond motifs is 5. The average Bonchev–Trinajstić information content (AvgIpc) is 2.98. The fourth-order valence-corrected chi connectivity index (χ4v) is 8.96. The summed E-state index contributed by atoms with van der Waals surface area (Å²) in [6.07, 6.45) is 12.7. The molecule has 3 saturated carbocycles. The smallest absolute Gasteiger partial charge is 0.0717 e. The quantitative estimate of drug-likeness (QED) is 0.610. The van der Waals surface area contributed by atoms with Gasteiger partial charge in [-0.3, -0.25) is 0 Å². The highest BCUT2D eigenvalue weighted by molar-refractivity contribution is 5.26. The van der Waals surface area contributed by atoms with Gasteiger partial charge in [0.25, 0.3) is 0 Å². The third kappa shape index (κ3) is 3.05. The van der Waals surface area contributed by atoms with Crippen LogP contribution in [0.15, 0.2) is 42.0 Å². The Bertz CT molecular complexity index is 811. The van der Waals surface area contributed by atoms with Gasteiger partial charge in [-0.1, -0.05) is 62.2 Å². The molecule has 4 aliphatic carbocycles. The molecule has 0 bridgehead atoms. The molecule has 1 aromatic rings. The van der Waals surface area contributed by atoms with E-state index in [0.29, 0.717) is 23.7 Å². The molecule has 0 aliphatic heterocycles. The van der Waals surface area contributed by atoms with Crippen molar-refractivity contribution in [3.8, 4) is 0 Å². The minimum absolute atomic E-state index is 0.0230. The van der Waals surface area contributed by atoms with Crippen molar-refractivity contribution < 1.29 is 10.2 Å². The van der Waals surface area contributed by atoms with E-state index in [9.17, 15) is 10.2 Å². The second kappa shape index (κ2) is 7.20. The standard InChI is InChI=1S/C28H40O2/c1-26-15-8-7-11-20(26)12-13-21-22(26)14-16-27(2)23(21)17-24(29)25(27)28(3,30)18-19-9-5-4-6-10-19/h4-6,9-10,12,21-25,29-30H,7-8,11,13-18H2,1-3H3/t21-,22+,23+,24?,25+,26+,27+,28-/m1/s1. The lowest BCUT2D eigenvalue weighted by molar-refractivity contribution is -0.118. The third-order valence-electron chi connectivity index (χ3n) is 10.1. The molecular formula is C28H40O2. The topological polar surface area (TPSA) is 40.5 Å².